The van der Waals surface area contributed by atoms with Gasteiger partial charge in [-0.1, -0.05) is 17.3 Å². The van der Waals surface area contributed by atoms with Gasteiger partial charge in [-0.05, 0) is 37.1 Å². The molecular weight excluding hydrogens is 344 g/mol. The predicted octanol–water partition coefficient (Wildman–Crippen LogP) is 3.75. The number of aromatic nitrogens is 1. The van der Waals surface area contributed by atoms with Crippen LogP contribution in [0.5, 0.6) is 11.5 Å². The van der Waals surface area contributed by atoms with E-state index >= 15 is 0 Å². The Morgan fingerprint density at radius 2 is 2.07 bits per heavy atom. The lowest BCUT2D eigenvalue weighted by atomic mass is 10.0. The summed E-state index contributed by atoms with van der Waals surface area (Å²) in [5.74, 6) is 1.53. The predicted molar refractivity (Wildman–Crippen MR) is 101 cm³/mol. The fourth-order valence-corrected chi connectivity index (χ4v) is 3.79. The molecule has 1 aliphatic rings. The third-order valence-corrected chi connectivity index (χ3v) is 5.14. The van der Waals surface area contributed by atoms with Crippen LogP contribution >= 0.6 is 0 Å². The van der Waals surface area contributed by atoms with E-state index in [-0.39, 0.29) is 18.4 Å². The maximum Gasteiger partial charge on any atom is 0.229 e. The highest BCUT2D eigenvalue weighted by Crippen LogP contribution is 2.39. The van der Waals surface area contributed by atoms with Gasteiger partial charge in [0.15, 0.2) is 5.58 Å². The van der Waals surface area contributed by atoms with E-state index in [2.05, 4.69) is 5.16 Å². The number of benzene rings is 2. The van der Waals surface area contributed by atoms with E-state index < -0.39 is 0 Å². The minimum absolute atomic E-state index is 0.00322. The van der Waals surface area contributed by atoms with E-state index in [1.807, 2.05) is 47.4 Å². The Morgan fingerprint density at radius 3 is 2.89 bits per heavy atom. The topological polar surface area (TPSA) is 64.8 Å². The quantitative estimate of drug-likeness (QED) is 0.688. The Labute approximate surface area is 157 Å². The summed E-state index contributed by atoms with van der Waals surface area (Å²) < 4.78 is 16.2. The standard InChI is InChI=1S/C21H22N2O4/c1-25-14-9-10-16(20(12-14)26-2)18-7-5-11-23(18)21(24)13-17-15-6-3-4-8-19(15)27-22-17/h3-4,6,8-10,12,18H,5,7,11,13H2,1-2H3/t18-/m0/s1. The van der Waals surface area contributed by atoms with Gasteiger partial charge in [-0.2, -0.15) is 0 Å². The van der Waals surface area contributed by atoms with Crippen molar-refractivity contribution in [3.8, 4) is 11.5 Å². The van der Waals surface area contributed by atoms with Crippen LogP contribution in [0.1, 0.15) is 30.1 Å². The first-order valence-electron chi connectivity index (χ1n) is 9.06. The molecule has 1 aromatic heterocycles. The van der Waals surface area contributed by atoms with Crippen LogP contribution in [0.15, 0.2) is 47.0 Å². The van der Waals surface area contributed by atoms with Gasteiger partial charge < -0.3 is 18.9 Å². The molecule has 1 atom stereocenters. The van der Waals surface area contributed by atoms with Gasteiger partial charge in [-0.15, -0.1) is 0 Å². The van der Waals surface area contributed by atoms with Gasteiger partial charge in [0, 0.05) is 23.6 Å². The monoisotopic (exact) mass is 366 g/mol. The van der Waals surface area contributed by atoms with Crippen molar-refractivity contribution in [2.45, 2.75) is 25.3 Å². The van der Waals surface area contributed by atoms with Crippen molar-refractivity contribution in [1.29, 1.82) is 0 Å². The molecular formula is C21H22N2O4. The van der Waals surface area contributed by atoms with Crippen molar-refractivity contribution in [2.75, 3.05) is 20.8 Å². The summed E-state index contributed by atoms with van der Waals surface area (Å²) in [4.78, 5) is 15.0. The number of para-hydroxylation sites is 1. The molecule has 2 aromatic carbocycles. The average Bonchev–Trinajstić information content (AvgIpc) is 3.35. The number of methoxy groups -OCH3 is 2. The van der Waals surface area contributed by atoms with Gasteiger partial charge in [0.1, 0.15) is 17.2 Å². The Hall–Kier alpha value is -3.02. The highest BCUT2D eigenvalue weighted by atomic mass is 16.5. The van der Waals surface area contributed by atoms with Crippen LogP contribution in [0.2, 0.25) is 0 Å². The van der Waals surface area contributed by atoms with E-state index in [9.17, 15) is 4.79 Å². The fourth-order valence-electron chi connectivity index (χ4n) is 3.79. The smallest absolute Gasteiger partial charge is 0.229 e. The second-order valence-corrected chi connectivity index (χ2v) is 6.66. The third kappa shape index (κ3) is 3.23. The molecule has 140 valence electrons. The lowest BCUT2D eigenvalue weighted by molar-refractivity contribution is -0.131. The molecule has 2 heterocycles. The third-order valence-electron chi connectivity index (χ3n) is 5.14. The van der Waals surface area contributed by atoms with Crippen molar-refractivity contribution in [3.05, 3.63) is 53.7 Å². The Morgan fingerprint density at radius 1 is 1.22 bits per heavy atom. The first-order chi connectivity index (χ1) is 13.2. The molecule has 1 aliphatic heterocycles. The molecule has 0 spiro atoms. The molecule has 6 heteroatoms. The van der Waals surface area contributed by atoms with E-state index in [0.717, 1.165) is 41.8 Å². The number of fused-ring (bicyclic) bond motifs is 1. The summed E-state index contributed by atoms with van der Waals surface area (Å²) in [7, 11) is 3.27. The molecule has 1 saturated heterocycles. The zero-order valence-corrected chi connectivity index (χ0v) is 15.5. The van der Waals surface area contributed by atoms with Crippen molar-refractivity contribution in [3.63, 3.8) is 0 Å². The van der Waals surface area contributed by atoms with Crippen LogP contribution in [0.3, 0.4) is 0 Å². The molecule has 0 bridgehead atoms. The number of likely N-dealkylation sites (tertiary alicyclic amines) is 1. The number of rotatable bonds is 5. The molecule has 4 rings (SSSR count). The molecule has 6 nitrogen and oxygen atoms in total. The fraction of sp³-hybridized carbons (Fsp3) is 0.333. The summed E-state index contributed by atoms with van der Waals surface area (Å²) in [5, 5.41) is 4.99. The van der Waals surface area contributed by atoms with Crippen LogP contribution in [0, 0.1) is 0 Å². The molecule has 0 aliphatic carbocycles. The lowest BCUT2D eigenvalue weighted by Gasteiger charge is -2.26. The second-order valence-electron chi connectivity index (χ2n) is 6.66. The van der Waals surface area contributed by atoms with Crippen molar-refractivity contribution >= 4 is 16.9 Å². The largest absolute Gasteiger partial charge is 0.497 e. The number of hydrogen-bond donors (Lipinski definition) is 0. The van der Waals surface area contributed by atoms with Gasteiger partial charge in [0.25, 0.3) is 0 Å². The summed E-state index contributed by atoms with van der Waals surface area (Å²) in [6, 6.07) is 13.4. The molecule has 0 radical (unpaired) electrons. The number of ether oxygens (including phenoxy) is 2. The number of carbonyl (C=O) groups excluding carboxylic acids is 1. The molecule has 1 fully saturated rings. The molecule has 0 unspecified atom stereocenters. The summed E-state index contributed by atoms with van der Waals surface area (Å²) >= 11 is 0. The molecule has 3 aromatic rings. The van der Waals surface area contributed by atoms with Gasteiger partial charge in [0.2, 0.25) is 5.91 Å². The SMILES string of the molecule is COc1ccc([C@@H]2CCCN2C(=O)Cc2noc3ccccc23)c(OC)c1. The van der Waals surface area contributed by atoms with Gasteiger partial charge in [0.05, 0.1) is 26.7 Å². The van der Waals surface area contributed by atoms with Crippen molar-refractivity contribution < 1.29 is 18.8 Å². The second kappa shape index (κ2) is 7.31. The zero-order valence-electron chi connectivity index (χ0n) is 15.5. The van der Waals surface area contributed by atoms with Crippen LogP contribution < -0.4 is 9.47 Å². The number of carbonyl (C=O) groups is 1. The van der Waals surface area contributed by atoms with Crippen molar-refractivity contribution in [1.82, 2.24) is 10.1 Å². The van der Waals surface area contributed by atoms with Gasteiger partial charge >= 0.3 is 0 Å². The molecule has 0 N–H and O–H groups in total. The molecule has 0 saturated carbocycles. The number of amides is 1. The molecule has 1 amide bonds. The highest BCUT2D eigenvalue weighted by molar-refractivity contribution is 5.86. The Kier molecular flexibility index (Phi) is 4.71. The summed E-state index contributed by atoms with van der Waals surface area (Å²) in [6.07, 6.45) is 2.10. The van der Waals surface area contributed by atoms with Crippen LogP contribution in [-0.4, -0.2) is 36.7 Å². The van der Waals surface area contributed by atoms with E-state index in [0.29, 0.717) is 11.3 Å². The van der Waals surface area contributed by atoms with Crippen LogP contribution in [-0.2, 0) is 11.2 Å². The average molecular weight is 366 g/mol. The zero-order chi connectivity index (χ0) is 18.8. The normalized spacial score (nSPS) is 16.7. The number of nitrogens with zero attached hydrogens (tertiary/aromatic N) is 2. The lowest BCUT2D eigenvalue weighted by Crippen LogP contribution is -2.32. The summed E-state index contributed by atoms with van der Waals surface area (Å²) in [5.41, 5.74) is 2.40. The minimum Gasteiger partial charge on any atom is -0.497 e. The van der Waals surface area contributed by atoms with E-state index in [4.69, 9.17) is 14.0 Å². The van der Waals surface area contributed by atoms with Crippen molar-refractivity contribution in [2.24, 2.45) is 0 Å². The maximum atomic E-state index is 13.0. The van der Waals surface area contributed by atoms with Crippen LogP contribution in [0.4, 0.5) is 0 Å². The summed E-state index contributed by atoms with van der Waals surface area (Å²) in [6.45, 7) is 0.731. The Bertz CT molecular complexity index is 966. The van der Waals surface area contributed by atoms with Gasteiger partial charge in [-0.25, -0.2) is 0 Å². The Balaban J connectivity index is 1.59. The first kappa shape index (κ1) is 17.4. The van der Waals surface area contributed by atoms with E-state index in [1.165, 1.54) is 0 Å². The number of hydrogen-bond acceptors (Lipinski definition) is 5. The van der Waals surface area contributed by atoms with Crippen LogP contribution in [0.25, 0.3) is 11.0 Å². The maximum absolute atomic E-state index is 13.0. The van der Waals surface area contributed by atoms with Gasteiger partial charge in [-0.3, -0.25) is 4.79 Å². The highest BCUT2D eigenvalue weighted by Gasteiger charge is 2.32. The minimum atomic E-state index is -0.00322. The first-order valence-corrected chi connectivity index (χ1v) is 9.06. The molecule has 27 heavy (non-hydrogen) atoms. The van der Waals surface area contributed by atoms with E-state index in [1.54, 1.807) is 14.2 Å².